The van der Waals surface area contributed by atoms with E-state index in [9.17, 15) is 14.9 Å². The number of rotatable bonds is 6. The lowest BCUT2D eigenvalue weighted by Gasteiger charge is -2.24. The van der Waals surface area contributed by atoms with Gasteiger partial charge in [0.05, 0.1) is 47.2 Å². The Bertz CT molecular complexity index is 1780. The third kappa shape index (κ3) is 4.46. The number of carbonyl (C=O) groups is 1. The van der Waals surface area contributed by atoms with Gasteiger partial charge in [-0.25, -0.2) is 9.79 Å². The summed E-state index contributed by atoms with van der Waals surface area (Å²) in [5.41, 5.74) is 2.39. The fourth-order valence-electron chi connectivity index (χ4n) is 4.39. The van der Waals surface area contributed by atoms with Gasteiger partial charge in [-0.2, -0.15) is 5.26 Å². The van der Waals surface area contributed by atoms with Gasteiger partial charge in [-0.3, -0.25) is 9.36 Å². The molecule has 8 nitrogen and oxygen atoms in total. The molecule has 38 heavy (non-hydrogen) atoms. The zero-order valence-electron chi connectivity index (χ0n) is 20.9. The maximum Gasteiger partial charge on any atom is 0.338 e. The third-order valence-electron chi connectivity index (χ3n) is 6.16. The van der Waals surface area contributed by atoms with Crippen LogP contribution in [0.3, 0.4) is 0 Å². The molecule has 0 saturated heterocycles. The van der Waals surface area contributed by atoms with E-state index in [0.717, 1.165) is 5.56 Å². The number of hydrogen-bond donors (Lipinski definition) is 0. The third-order valence-corrected chi connectivity index (χ3v) is 7.14. The van der Waals surface area contributed by atoms with Gasteiger partial charge in [0.25, 0.3) is 5.56 Å². The predicted molar refractivity (Wildman–Crippen MR) is 142 cm³/mol. The number of thiazole rings is 1. The van der Waals surface area contributed by atoms with Crippen molar-refractivity contribution < 1.29 is 18.7 Å². The second-order valence-corrected chi connectivity index (χ2v) is 9.44. The fourth-order valence-corrected chi connectivity index (χ4v) is 5.42. The number of nitriles is 1. The summed E-state index contributed by atoms with van der Waals surface area (Å²) in [6.07, 6.45) is 1.65. The first-order valence-corrected chi connectivity index (χ1v) is 12.7. The summed E-state index contributed by atoms with van der Waals surface area (Å²) in [6.45, 7) is 3.68. The molecule has 0 spiro atoms. The van der Waals surface area contributed by atoms with Crippen LogP contribution in [0.25, 0.3) is 17.4 Å². The van der Waals surface area contributed by atoms with Gasteiger partial charge >= 0.3 is 5.97 Å². The molecule has 0 unspecified atom stereocenters. The summed E-state index contributed by atoms with van der Waals surface area (Å²) < 4.78 is 18.5. The molecule has 2 aromatic heterocycles. The van der Waals surface area contributed by atoms with Crippen LogP contribution in [0.5, 0.6) is 5.75 Å². The first-order valence-electron chi connectivity index (χ1n) is 11.9. The topological polar surface area (TPSA) is 107 Å². The molecule has 190 valence electrons. The molecule has 0 radical (unpaired) electrons. The van der Waals surface area contributed by atoms with E-state index < -0.39 is 12.0 Å². The predicted octanol–water partition coefficient (Wildman–Crippen LogP) is 3.94. The number of fused-ring (bicyclic) bond motifs is 1. The van der Waals surface area contributed by atoms with Crippen molar-refractivity contribution in [3.8, 4) is 23.1 Å². The van der Waals surface area contributed by atoms with Crippen molar-refractivity contribution in [3.63, 3.8) is 0 Å². The Labute approximate surface area is 222 Å². The molecule has 0 aliphatic carbocycles. The van der Waals surface area contributed by atoms with Crippen LogP contribution in [0, 0.1) is 11.3 Å². The summed E-state index contributed by atoms with van der Waals surface area (Å²) in [5, 5.41) is 9.42. The first-order chi connectivity index (χ1) is 18.4. The summed E-state index contributed by atoms with van der Waals surface area (Å²) in [7, 11) is 1.57. The normalized spacial score (nSPS) is 15.0. The lowest BCUT2D eigenvalue weighted by Crippen LogP contribution is -2.39. The van der Waals surface area contributed by atoms with E-state index in [1.807, 2.05) is 24.3 Å². The van der Waals surface area contributed by atoms with Crippen LogP contribution in [0.1, 0.15) is 36.8 Å². The maximum atomic E-state index is 13.7. The second-order valence-electron chi connectivity index (χ2n) is 8.43. The first kappa shape index (κ1) is 25.0. The summed E-state index contributed by atoms with van der Waals surface area (Å²) in [5.74, 6) is 1.12. The molecule has 1 aliphatic rings. The number of carbonyl (C=O) groups excluding carboxylic acids is 1. The Morgan fingerprint density at radius 1 is 1.18 bits per heavy atom. The van der Waals surface area contributed by atoms with Crippen molar-refractivity contribution in [2.45, 2.75) is 19.9 Å². The van der Waals surface area contributed by atoms with Crippen LogP contribution in [-0.4, -0.2) is 24.3 Å². The number of furan rings is 1. The van der Waals surface area contributed by atoms with Gasteiger partial charge in [-0.15, -0.1) is 0 Å². The molecule has 1 atom stereocenters. The number of allylic oxidation sites excluding steroid dienone is 1. The van der Waals surface area contributed by atoms with E-state index in [1.54, 1.807) is 63.4 Å². The van der Waals surface area contributed by atoms with Crippen LogP contribution >= 0.6 is 11.3 Å². The van der Waals surface area contributed by atoms with Gasteiger partial charge < -0.3 is 13.9 Å². The Balaban J connectivity index is 1.64. The van der Waals surface area contributed by atoms with Gasteiger partial charge in [0.1, 0.15) is 17.3 Å². The lowest BCUT2D eigenvalue weighted by molar-refractivity contribution is -0.139. The van der Waals surface area contributed by atoms with E-state index in [2.05, 4.69) is 11.1 Å². The molecule has 0 bridgehead atoms. The van der Waals surface area contributed by atoms with Crippen molar-refractivity contribution in [2.24, 2.45) is 4.99 Å². The summed E-state index contributed by atoms with van der Waals surface area (Å²) in [6, 6.07) is 19.3. The molecule has 0 amide bonds. The molecule has 9 heteroatoms. The monoisotopic (exact) mass is 525 g/mol. The minimum absolute atomic E-state index is 0.200. The highest BCUT2D eigenvalue weighted by atomic mass is 32.1. The van der Waals surface area contributed by atoms with Crippen LogP contribution in [-0.2, 0) is 9.53 Å². The van der Waals surface area contributed by atoms with E-state index in [1.165, 1.54) is 15.9 Å². The molecule has 0 N–H and O–H groups in total. The summed E-state index contributed by atoms with van der Waals surface area (Å²) in [4.78, 5) is 31.8. The largest absolute Gasteiger partial charge is 0.497 e. The number of benzene rings is 2. The van der Waals surface area contributed by atoms with Crippen molar-refractivity contribution in [2.75, 3.05) is 13.7 Å². The molecular formula is C29H23N3O5S. The van der Waals surface area contributed by atoms with Crippen molar-refractivity contribution >= 4 is 23.4 Å². The molecule has 4 aromatic rings. The van der Waals surface area contributed by atoms with Gasteiger partial charge in [0.2, 0.25) is 0 Å². The molecule has 3 heterocycles. The second kappa shape index (κ2) is 10.4. The Hall–Kier alpha value is -4.68. The molecule has 0 fully saturated rings. The lowest BCUT2D eigenvalue weighted by atomic mass is 9.96. The Morgan fingerprint density at radius 2 is 1.95 bits per heavy atom. The Kier molecular flexibility index (Phi) is 6.81. The zero-order valence-corrected chi connectivity index (χ0v) is 21.7. The molecular weight excluding hydrogens is 502 g/mol. The van der Waals surface area contributed by atoms with Gasteiger partial charge in [-0.1, -0.05) is 35.6 Å². The number of ether oxygens (including phenoxy) is 2. The average Bonchev–Trinajstić information content (AvgIpc) is 3.52. The number of esters is 1. The summed E-state index contributed by atoms with van der Waals surface area (Å²) >= 11 is 1.21. The highest BCUT2D eigenvalue weighted by molar-refractivity contribution is 7.07. The average molecular weight is 526 g/mol. The number of nitrogens with zero attached hydrogens (tertiary/aromatic N) is 3. The number of aromatic nitrogens is 1. The van der Waals surface area contributed by atoms with Crippen molar-refractivity contribution in [1.82, 2.24) is 4.57 Å². The standard InChI is InChI=1S/C29H23N3O5S/c1-4-36-28(34)25-17(2)31-29-32(26(25)18-9-11-20(35-3)12-10-18)27(33)24(38-29)15-21-13-14-23(37-21)22-8-6-5-7-19(22)16-30/h5-15,26H,4H2,1-3H3/t26-/m1/s1. The van der Waals surface area contributed by atoms with Crippen molar-refractivity contribution in [1.29, 1.82) is 5.26 Å². The molecule has 1 aliphatic heterocycles. The number of hydrogen-bond acceptors (Lipinski definition) is 8. The minimum atomic E-state index is -0.715. The number of methoxy groups -OCH3 is 1. The van der Waals surface area contributed by atoms with Crippen LogP contribution < -0.4 is 19.6 Å². The van der Waals surface area contributed by atoms with Crippen LogP contribution in [0.15, 0.2) is 86.1 Å². The van der Waals surface area contributed by atoms with Gasteiger partial charge in [0, 0.05) is 11.6 Å². The van der Waals surface area contributed by atoms with E-state index >= 15 is 0 Å². The SMILES string of the molecule is CCOC(=O)C1=C(C)N=c2sc(=Cc3ccc(-c4ccccc4C#N)o3)c(=O)n2[C@@H]1c1ccc(OC)cc1. The molecule has 5 rings (SSSR count). The van der Waals surface area contributed by atoms with Crippen molar-refractivity contribution in [3.05, 3.63) is 109 Å². The molecule has 2 aromatic carbocycles. The maximum absolute atomic E-state index is 13.7. The molecule has 0 saturated carbocycles. The minimum Gasteiger partial charge on any atom is -0.497 e. The zero-order chi connectivity index (χ0) is 26.8. The quantitative estimate of drug-likeness (QED) is 0.353. The van der Waals surface area contributed by atoms with E-state index in [4.69, 9.17) is 13.9 Å². The highest BCUT2D eigenvalue weighted by Gasteiger charge is 2.33. The fraction of sp³-hybridized carbons (Fsp3) is 0.172. The van der Waals surface area contributed by atoms with Crippen LogP contribution in [0.2, 0.25) is 0 Å². The van der Waals surface area contributed by atoms with E-state index in [-0.39, 0.29) is 12.2 Å². The smallest absolute Gasteiger partial charge is 0.338 e. The van der Waals surface area contributed by atoms with Gasteiger partial charge in [-0.05, 0) is 55.8 Å². The van der Waals surface area contributed by atoms with E-state index in [0.29, 0.717) is 49.0 Å². The van der Waals surface area contributed by atoms with Gasteiger partial charge in [0.15, 0.2) is 4.80 Å². The van der Waals surface area contributed by atoms with Crippen LogP contribution in [0.4, 0.5) is 0 Å². The highest BCUT2D eigenvalue weighted by Crippen LogP contribution is 2.32. The Morgan fingerprint density at radius 3 is 2.66 bits per heavy atom.